The van der Waals surface area contributed by atoms with Gasteiger partial charge in [-0.2, -0.15) is 4.31 Å². The van der Waals surface area contributed by atoms with Gasteiger partial charge in [0.1, 0.15) is 0 Å². The van der Waals surface area contributed by atoms with Crippen molar-refractivity contribution in [1.29, 1.82) is 0 Å². The van der Waals surface area contributed by atoms with E-state index >= 15 is 0 Å². The van der Waals surface area contributed by atoms with E-state index < -0.39 is 16.0 Å². The van der Waals surface area contributed by atoms with E-state index in [0.717, 1.165) is 5.56 Å². The maximum atomic E-state index is 13.1. The molecule has 28 heavy (non-hydrogen) atoms. The summed E-state index contributed by atoms with van der Waals surface area (Å²) in [6.07, 6.45) is 0.772. The molecule has 9 heteroatoms. The van der Waals surface area contributed by atoms with Crippen LogP contribution in [0.25, 0.3) is 0 Å². The van der Waals surface area contributed by atoms with Gasteiger partial charge in [0.15, 0.2) is 0 Å². The number of nitrogens with zero attached hydrogens (tertiary/aromatic N) is 2. The van der Waals surface area contributed by atoms with Gasteiger partial charge in [-0.05, 0) is 41.6 Å². The third-order valence-electron chi connectivity index (χ3n) is 4.72. The first kappa shape index (κ1) is 20.5. The topological polar surface area (TPSA) is 84.0 Å². The van der Waals surface area contributed by atoms with Gasteiger partial charge in [0.2, 0.25) is 10.0 Å². The van der Waals surface area contributed by atoms with Gasteiger partial charge in [-0.1, -0.05) is 6.07 Å². The molecule has 0 atom stereocenters. The number of hydrogen-bond acceptors (Lipinski definition) is 6. The summed E-state index contributed by atoms with van der Waals surface area (Å²) in [5.74, 6) is -0.756. The minimum Gasteiger partial charge on any atom is -0.469 e. The molecule has 2 aromatic rings. The van der Waals surface area contributed by atoms with Crippen molar-refractivity contribution in [3.05, 3.63) is 51.7 Å². The molecule has 2 heterocycles. The summed E-state index contributed by atoms with van der Waals surface area (Å²) < 4.78 is 32.1. The number of amides is 1. The monoisotopic (exact) mass is 422 g/mol. The minimum absolute atomic E-state index is 0.0769. The third kappa shape index (κ3) is 4.26. The van der Waals surface area contributed by atoms with Crippen LogP contribution < -0.4 is 0 Å². The summed E-state index contributed by atoms with van der Waals surface area (Å²) in [4.78, 5) is 26.6. The lowest BCUT2D eigenvalue weighted by Crippen LogP contribution is -2.35. The predicted molar refractivity (Wildman–Crippen MR) is 106 cm³/mol. The molecule has 1 aromatic carbocycles. The number of ether oxygens (including phenoxy) is 1. The average Bonchev–Trinajstić information content (AvgIpc) is 3.19. The third-order valence-corrected chi connectivity index (χ3v) is 7.58. The van der Waals surface area contributed by atoms with E-state index in [9.17, 15) is 18.0 Å². The van der Waals surface area contributed by atoms with Gasteiger partial charge >= 0.3 is 5.97 Å². The van der Waals surface area contributed by atoms with Gasteiger partial charge in [-0.15, -0.1) is 11.3 Å². The van der Waals surface area contributed by atoms with Crippen LogP contribution in [0.3, 0.4) is 0 Å². The number of carbonyl (C=O) groups is 2. The molecule has 1 aromatic heterocycles. The van der Waals surface area contributed by atoms with Gasteiger partial charge in [0, 0.05) is 37.1 Å². The van der Waals surface area contributed by atoms with Crippen molar-refractivity contribution in [2.24, 2.45) is 0 Å². The molecule has 150 valence electrons. The molecule has 0 radical (unpaired) electrons. The summed E-state index contributed by atoms with van der Waals surface area (Å²) in [6, 6.07) is 7.99. The van der Waals surface area contributed by atoms with Crippen LogP contribution in [0.5, 0.6) is 0 Å². The number of hydrogen-bond donors (Lipinski definition) is 0. The number of sulfonamides is 1. The number of esters is 1. The zero-order valence-corrected chi connectivity index (χ0v) is 17.4. The van der Waals surface area contributed by atoms with Crippen LogP contribution >= 0.6 is 11.3 Å². The number of thiophene rings is 1. The van der Waals surface area contributed by atoms with Gasteiger partial charge in [-0.3, -0.25) is 9.59 Å². The Hall–Kier alpha value is -2.23. The lowest BCUT2D eigenvalue weighted by molar-refractivity contribution is -0.140. The van der Waals surface area contributed by atoms with E-state index in [1.165, 1.54) is 33.3 Å². The molecule has 3 rings (SSSR count). The zero-order valence-electron chi connectivity index (χ0n) is 15.8. The maximum Gasteiger partial charge on any atom is 0.307 e. The van der Waals surface area contributed by atoms with Gasteiger partial charge in [0.25, 0.3) is 5.91 Å². The van der Waals surface area contributed by atoms with Crippen molar-refractivity contribution in [3.63, 3.8) is 0 Å². The molecule has 7 nitrogen and oxygen atoms in total. The first-order valence-corrected chi connectivity index (χ1v) is 11.1. The second-order valence-corrected chi connectivity index (χ2v) is 9.48. The molecule has 1 aliphatic heterocycles. The van der Waals surface area contributed by atoms with Crippen LogP contribution in [0.4, 0.5) is 0 Å². The number of methoxy groups -OCH3 is 1. The van der Waals surface area contributed by atoms with Crippen LogP contribution in [0, 0.1) is 0 Å². The summed E-state index contributed by atoms with van der Waals surface area (Å²) >= 11 is 1.65. The largest absolute Gasteiger partial charge is 0.469 e. The molecular weight excluding hydrogens is 400 g/mol. The van der Waals surface area contributed by atoms with Crippen LogP contribution in [0.1, 0.15) is 27.2 Å². The number of fused-ring (bicyclic) bond motifs is 1. The normalized spacial score (nSPS) is 14.4. The highest BCUT2D eigenvalue weighted by atomic mass is 32.2. The van der Waals surface area contributed by atoms with Crippen molar-refractivity contribution in [2.75, 3.05) is 27.2 Å². The number of rotatable bonds is 6. The summed E-state index contributed by atoms with van der Waals surface area (Å²) in [7, 11) is -0.846. The van der Waals surface area contributed by atoms with Crippen LogP contribution in [-0.4, -0.2) is 56.7 Å². The standard InChI is InChI=1S/C19H22N2O5S2/c1-20(9-7-18(22)26-2)19(23)14-4-3-5-16(12-14)28(24,25)21-10-6-17-15(13-21)8-11-27-17/h3-5,8,11-12H,6-7,9-10,13H2,1-2H3. The van der Waals surface area contributed by atoms with E-state index in [0.29, 0.717) is 19.5 Å². The van der Waals surface area contributed by atoms with E-state index in [1.807, 2.05) is 11.4 Å². The highest BCUT2D eigenvalue weighted by Gasteiger charge is 2.29. The second-order valence-electron chi connectivity index (χ2n) is 6.54. The Balaban J connectivity index is 1.77. The molecule has 0 N–H and O–H groups in total. The fourth-order valence-electron chi connectivity index (χ4n) is 3.05. The Morgan fingerprint density at radius 3 is 2.82 bits per heavy atom. The first-order valence-electron chi connectivity index (χ1n) is 8.80. The minimum atomic E-state index is -3.70. The predicted octanol–water partition coefficient (Wildman–Crippen LogP) is 2.13. The van der Waals surface area contributed by atoms with Crippen molar-refractivity contribution in [1.82, 2.24) is 9.21 Å². The van der Waals surface area contributed by atoms with E-state index in [4.69, 9.17) is 0 Å². The van der Waals surface area contributed by atoms with Crippen molar-refractivity contribution in [2.45, 2.75) is 24.3 Å². The highest BCUT2D eigenvalue weighted by molar-refractivity contribution is 7.89. The number of carbonyl (C=O) groups excluding carboxylic acids is 2. The molecule has 0 saturated heterocycles. The second kappa shape index (κ2) is 8.42. The Labute approximate surface area is 168 Å². The quantitative estimate of drug-likeness (QED) is 0.666. The van der Waals surface area contributed by atoms with Gasteiger partial charge in [0.05, 0.1) is 18.4 Å². The number of benzene rings is 1. The smallest absolute Gasteiger partial charge is 0.307 e. The lowest BCUT2D eigenvalue weighted by Gasteiger charge is -2.26. The molecule has 0 bridgehead atoms. The van der Waals surface area contributed by atoms with Crippen molar-refractivity contribution in [3.8, 4) is 0 Å². The summed E-state index contributed by atoms with van der Waals surface area (Å²) in [6.45, 7) is 0.959. The molecule has 0 spiro atoms. The van der Waals surface area contributed by atoms with Crippen LogP contribution in [-0.2, 0) is 32.5 Å². The summed E-state index contributed by atoms with van der Waals surface area (Å²) in [5.41, 5.74) is 1.30. The maximum absolute atomic E-state index is 13.1. The molecule has 0 fully saturated rings. The Kier molecular flexibility index (Phi) is 6.17. The molecule has 0 saturated carbocycles. The van der Waals surface area contributed by atoms with Crippen LogP contribution in [0.2, 0.25) is 0 Å². The first-order chi connectivity index (χ1) is 13.3. The van der Waals surface area contributed by atoms with E-state index in [2.05, 4.69) is 4.74 Å². The zero-order chi connectivity index (χ0) is 20.3. The van der Waals surface area contributed by atoms with Crippen LogP contribution in [0.15, 0.2) is 40.6 Å². The van der Waals surface area contributed by atoms with Crippen molar-refractivity contribution >= 4 is 33.2 Å². The Bertz CT molecular complexity index is 984. The fraction of sp³-hybridized carbons (Fsp3) is 0.368. The van der Waals surface area contributed by atoms with E-state index in [-0.39, 0.29) is 29.3 Å². The molecular formula is C19H22N2O5S2. The fourth-order valence-corrected chi connectivity index (χ4v) is 5.40. The Morgan fingerprint density at radius 2 is 2.07 bits per heavy atom. The average molecular weight is 423 g/mol. The molecule has 0 unspecified atom stereocenters. The van der Waals surface area contributed by atoms with E-state index in [1.54, 1.807) is 30.5 Å². The van der Waals surface area contributed by atoms with Crippen molar-refractivity contribution < 1.29 is 22.7 Å². The lowest BCUT2D eigenvalue weighted by atomic mass is 10.1. The molecule has 1 aliphatic rings. The van der Waals surface area contributed by atoms with Gasteiger partial charge < -0.3 is 9.64 Å². The highest BCUT2D eigenvalue weighted by Crippen LogP contribution is 2.28. The van der Waals surface area contributed by atoms with Gasteiger partial charge in [-0.25, -0.2) is 8.42 Å². The molecule has 0 aliphatic carbocycles. The SMILES string of the molecule is COC(=O)CCN(C)C(=O)c1cccc(S(=O)(=O)N2CCc3sccc3C2)c1. The molecule has 1 amide bonds. The Morgan fingerprint density at radius 1 is 1.29 bits per heavy atom. The summed E-state index contributed by atoms with van der Waals surface area (Å²) in [5, 5.41) is 1.98.